The number of nitrogens with two attached hydrogens (primary N) is 1. The van der Waals surface area contributed by atoms with E-state index in [0.717, 1.165) is 11.8 Å². The summed E-state index contributed by atoms with van der Waals surface area (Å²) in [6.07, 6.45) is 0.800. The number of H-pyrrole nitrogens is 1. The summed E-state index contributed by atoms with van der Waals surface area (Å²) in [5.74, 6) is -0.118. The summed E-state index contributed by atoms with van der Waals surface area (Å²) in [7, 11) is 0. The Bertz CT molecular complexity index is 722. The lowest BCUT2D eigenvalue weighted by molar-refractivity contribution is 0.0744. The maximum absolute atomic E-state index is 12.7. The fourth-order valence-electron chi connectivity index (χ4n) is 2.79. The number of fused-ring (bicyclic) bond motifs is 1. The van der Waals surface area contributed by atoms with E-state index in [2.05, 4.69) is 4.98 Å². The lowest BCUT2D eigenvalue weighted by Crippen LogP contribution is -2.40. The van der Waals surface area contributed by atoms with Gasteiger partial charge in [-0.1, -0.05) is 18.2 Å². The molecule has 104 valence electrons. The molecule has 0 radical (unpaired) electrons. The van der Waals surface area contributed by atoms with E-state index in [1.165, 1.54) is 6.07 Å². The van der Waals surface area contributed by atoms with Gasteiger partial charge in [-0.3, -0.25) is 9.59 Å². The summed E-state index contributed by atoms with van der Waals surface area (Å²) in [6.45, 7) is 2.59. The maximum Gasteiger partial charge on any atom is 0.255 e. The molecule has 0 bridgehead atoms. The molecule has 2 heterocycles. The molecule has 2 atom stereocenters. The molecule has 0 saturated carbocycles. The summed E-state index contributed by atoms with van der Waals surface area (Å²) in [5.41, 5.74) is 6.83. The first-order valence-corrected chi connectivity index (χ1v) is 6.76. The Kier molecular flexibility index (Phi) is 3.06. The molecule has 1 fully saturated rings. The number of pyridine rings is 1. The van der Waals surface area contributed by atoms with Crippen LogP contribution < -0.4 is 11.3 Å². The standard InChI is InChI=1S/C15H17N3O2/c1-9-12(16)6-7-18(9)15(20)11-8-14(19)17-13-5-3-2-4-10(11)13/h2-5,8-9,12H,6-7,16H2,1H3,(H,17,19). The van der Waals surface area contributed by atoms with Crippen LogP contribution in [0.25, 0.3) is 10.9 Å². The molecule has 0 aliphatic carbocycles. The SMILES string of the molecule is CC1C(N)CCN1C(=O)c1cc(=O)[nH]c2ccccc12. The number of para-hydroxylation sites is 1. The van der Waals surface area contributed by atoms with Gasteiger partial charge in [0, 0.05) is 35.6 Å². The van der Waals surface area contributed by atoms with Crippen molar-refractivity contribution in [3.05, 3.63) is 46.2 Å². The molecule has 1 amide bonds. The van der Waals surface area contributed by atoms with Crippen molar-refractivity contribution in [2.24, 2.45) is 5.73 Å². The molecule has 1 aromatic heterocycles. The second kappa shape index (κ2) is 4.76. The molecular weight excluding hydrogens is 254 g/mol. The van der Waals surface area contributed by atoms with Crippen LogP contribution in [0.2, 0.25) is 0 Å². The van der Waals surface area contributed by atoms with E-state index in [-0.39, 0.29) is 23.6 Å². The first kappa shape index (κ1) is 12.9. The van der Waals surface area contributed by atoms with E-state index in [1.54, 1.807) is 11.0 Å². The number of nitrogens with zero attached hydrogens (tertiary/aromatic N) is 1. The average Bonchev–Trinajstić information content (AvgIpc) is 2.77. The fourth-order valence-corrected chi connectivity index (χ4v) is 2.79. The highest BCUT2D eigenvalue weighted by atomic mass is 16.2. The number of amides is 1. The lowest BCUT2D eigenvalue weighted by Gasteiger charge is -2.23. The Morgan fingerprint density at radius 1 is 1.40 bits per heavy atom. The zero-order chi connectivity index (χ0) is 14.3. The van der Waals surface area contributed by atoms with Crippen molar-refractivity contribution in [3.63, 3.8) is 0 Å². The van der Waals surface area contributed by atoms with Crippen LogP contribution in [-0.4, -0.2) is 34.4 Å². The minimum Gasteiger partial charge on any atom is -0.334 e. The molecule has 3 N–H and O–H groups in total. The third-order valence-corrected chi connectivity index (χ3v) is 4.06. The molecule has 2 unspecified atom stereocenters. The Labute approximate surface area is 116 Å². The van der Waals surface area contributed by atoms with Crippen molar-refractivity contribution in [2.75, 3.05) is 6.54 Å². The Morgan fingerprint density at radius 2 is 2.15 bits per heavy atom. The summed E-state index contributed by atoms with van der Waals surface area (Å²) in [5, 5.41) is 0.768. The van der Waals surface area contributed by atoms with Gasteiger partial charge in [-0.25, -0.2) is 0 Å². The van der Waals surface area contributed by atoms with E-state index < -0.39 is 0 Å². The molecule has 3 rings (SSSR count). The van der Waals surface area contributed by atoms with Crippen LogP contribution >= 0.6 is 0 Å². The second-order valence-electron chi connectivity index (χ2n) is 5.28. The monoisotopic (exact) mass is 271 g/mol. The highest BCUT2D eigenvalue weighted by molar-refractivity contribution is 6.06. The quantitative estimate of drug-likeness (QED) is 0.815. The second-order valence-corrected chi connectivity index (χ2v) is 5.28. The van der Waals surface area contributed by atoms with Gasteiger partial charge in [0.05, 0.1) is 5.56 Å². The summed E-state index contributed by atoms with van der Waals surface area (Å²) >= 11 is 0. The van der Waals surface area contributed by atoms with E-state index in [4.69, 9.17) is 5.73 Å². The van der Waals surface area contributed by atoms with E-state index in [9.17, 15) is 9.59 Å². The van der Waals surface area contributed by atoms with Crippen molar-refractivity contribution in [3.8, 4) is 0 Å². The van der Waals surface area contributed by atoms with Crippen LogP contribution in [0.3, 0.4) is 0 Å². The number of nitrogens with one attached hydrogen (secondary N) is 1. The fraction of sp³-hybridized carbons (Fsp3) is 0.333. The summed E-state index contributed by atoms with van der Waals surface area (Å²) in [4.78, 5) is 28.9. The number of carbonyl (C=O) groups excluding carboxylic acids is 1. The molecule has 1 saturated heterocycles. The third kappa shape index (κ3) is 2.00. The number of aromatic nitrogens is 1. The minimum atomic E-state index is -0.261. The third-order valence-electron chi connectivity index (χ3n) is 4.06. The van der Waals surface area contributed by atoms with E-state index >= 15 is 0 Å². The van der Waals surface area contributed by atoms with Crippen LogP contribution in [0.15, 0.2) is 35.1 Å². The van der Waals surface area contributed by atoms with Crippen LogP contribution in [0.5, 0.6) is 0 Å². The van der Waals surface area contributed by atoms with Crippen molar-refractivity contribution in [2.45, 2.75) is 25.4 Å². The predicted octanol–water partition coefficient (Wildman–Crippen LogP) is 1.09. The Balaban J connectivity index is 2.10. The molecule has 1 aromatic carbocycles. The maximum atomic E-state index is 12.7. The molecule has 1 aliphatic heterocycles. The number of hydrogen-bond acceptors (Lipinski definition) is 3. The number of likely N-dealkylation sites (tertiary alicyclic amines) is 1. The van der Waals surface area contributed by atoms with Crippen LogP contribution in [0.1, 0.15) is 23.7 Å². The lowest BCUT2D eigenvalue weighted by atomic mass is 10.1. The van der Waals surface area contributed by atoms with Gasteiger partial charge in [0.1, 0.15) is 0 Å². The van der Waals surface area contributed by atoms with Crippen LogP contribution in [-0.2, 0) is 0 Å². The average molecular weight is 271 g/mol. The minimum absolute atomic E-state index is 0.000509. The van der Waals surface area contributed by atoms with Gasteiger partial charge in [0.15, 0.2) is 0 Å². The Hall–Kier alpha value is -2.14. The highest BCUT2D eigenvalue weighted by Crippen LogP contribution is 2.22. The van der Waals surface area contributed by atoms with Gasteiger partial charge in [0.2, 0.25) is 5.56 Å². The molecule has 2 aromatic rings. The zero-order valence-corrected chi connectivity index (χ0v) is 11.3. The van der Waals surface area contributed by atoms with Gasteiger partial charge in [-0.05, 0) is 19.4 Å². The molecule has 0 spiro atoms. The number of carbonyl (C=O) groups is 1. The number of aromatic amines is 1. The molecular formula is C15H17N3O2. The van der Waals surface area contributed by atoms with Crippen molar-refractivity contribution in [1.82, 2.24) is 9.88 Å². The summed E-state index contributed by atoms with van der Waals surface area (Å²) in [6, 6.07) is 8.72. The predicted molar refractivity (Wildman–Crippen MR) is 77.7 cm³/mol. The normalized spacial score (nSPS) is 22.4. The van der Waals surface area contributed by atoms with Gasteiger partial charge >= 0.3 is 0 Å². The van der Waals surface area contributed by atoms with Gasteiger partial charge < -0.3 is 15.6 Å². The molecule has 5 heteroatoms. The van der Waals surface area contributed by atoms with Gasteiger partial charge in [-0.2, -0.15) is 0 Å². The zero-order valence-electron chi connectivity index (χ0n) is 11.3. The Morgan fingerprint density at radius 3 is 2.85 bits per heavy atom. The van der Waals surface area contributed by atoms with E-state index in [1.807, 2.05) is 25.1 Å². The summed E-state index contributed by atoms with van der Waals surface area (Å²) < 4.78 is 0. The van der Waals surface area contributed by atoms with Gasteiger partial charge in [0.25, 0.3) is 5.91 Å². The molecule has 1 aliphatic rings. The highest BCUT2D eigenvalue weighted by Gasteiger charge is 2.32. The van der Waals surface area contributed by atoms with Crippen molar-refractivity contribution >= 4 is 16.8 Å². The van der Waals surface area contributed by atoms with E-state index in [0.29, 0.717) is 17.6 Å². The number of hydrogen-bond donors (Lipinski definition) is 2. The van der Waals surface area contributed by atoms with Crippen molar-refractivity contribution < 1.29 is 4.79 Å². The topological polar surface area (TPSA) is 79.2 Å². The largest absolute Gasteiger partial charge is 0.334 e. The van der Waals surface area contributed by atoms with Crippen LogP contribution in [0.4, 0.5) is 0 Å². The number of benzene rings is 1. The smallest absolute Gasteiger partial charge is 0.255 e. The first-order valence-electron chi connectivity index (χ1n) is 6.76. The number of rotatable bonds is 1. The van der Waals surface area contributed by atoms with Crippen LogP contribution in [0, 0.1) is 0 Å². The van der Waals surface area contributed by atoms with Gasteiger partial charge in [-0.15, -0.1) is 0 Å². The molecule has 5 nitrogen and oxygen atoms in total. The molecule has 20 heavy (non-hydrogen) atoms. The first-order chi connectivity index (χ1) is 9.58. The van der Waals surface area contributed by atoms with Crippen molar-refractivity contribution in [1.29, 1.82) is 0 Å².